The number of nitrogens with zero attached hydrogens (tertiary/aromatic N) is 3. The summed E-state index contributed by atoms with van der Waals surface area (Å²) in [4.78, 5) is 20.2. The molecule has 0 aliphatic rings. The second-order valence-electron chi connectivity index (χ2n) is 6.70. The van der Waals surface area contributed by atoms with Crippen molar-refractivity contribution in [2.75, 3.05) is 38.3 Å². The van der Waals surface area contributed by atoms with Gasteiger partial charge in [0.05, 0.1) is 17.9 Å². The van der Waals surface area contributed by atoms with Crippen LogP contribution in [-0.4, -0.2) is 43.9 Å². The van der Waals surface area contributed by atoms with E-state index in [-0.39, 0.29) is 5.91 Å². The molecule has 1 heterocycles. The lowest BCUT2D eigenvalue weighted by molar-refractivity contribution is 0.0997. The Kier molecular flexibility index (Phi) is 7.65. The van der Waals surface area contributed by atoms with E-state index in [0.717, 1.165) is 34.7 Å². The standard InChI is InChI=1S/C23H29N3O3S/c1-5-25(6-2)18-13-11-17(12-14-18)22(27)24-23-26(15-16-28-4)21-19(29-7-3)9-8-10-20(21)30-23/h8-14H,5-7,15-16H2,1-4H3. The monoisotopic (exact) mass is 427 g/mol. The van der Waals surface area contributed by atoms with Crippen LogP contribution in [0.15, 0.2) is 47.5 Å². The normalized spacial score (nSPS) is 11.8. The fourth-order valence-corrected chi connectivity index (χ4v) is 4.47. The number of hydrogen-bond donors (Lipinski definition) is 0. The van der Waals surface area contributed by atoms with E-state index in [9.17, 15) is 4.79 Å². The molecule has 0 bridgehead atoms. The zero-order chi connectivity index (χ0) is 21.5. The molecule has 0 unspecified atom stereocenters. The second kappa shape index (κ2) is 10.4. The van der Waals surface area contributed by atoms with Gasteiger partial charge in [-0.2, -0.15) is 4.99 Å². The summed E-state index contributed by atoms with van der Waals surface area (Å²) in [7, 11) is 1.66. The fourth-order valence-electron chi connectivity index (χ4n) is 3.40. The van der Waals surface area contributed by atoms with Gasteiger partial charge < -0.3 is 18.9 Å². The van der Waals surface area contributed by atoms with Crippen molar-refractivity contribution in [2.24, 2.45) is 4.99 Å². The Morgan fingerprint density at radius 2 is 1.83 bits per heavy atom. The Morgan fingerprint density at radius 1 is 1.10 bits per heavy atom. The fraction of sp³-hybridized carbons (Fsp3) is 0.391. The summed E-state index contributed by atoms with van der Waals surface area (Å²) >= 11 is 1.48. The number of rotatable bonds is 9. The summed E-state index contributed by atoms with van der Waals surface area (Å²) in [6, 6.07) is 13.6. The number of amides is 1. The van der Waals surface area contributed by atoms with E-state index >= 15 is 0 Å². The summed E-state index contributed by atoms with van der Waals surface area (Å²) in [6.45, 7) is 9.74. The highest BCUT2D eigenvalue weighted by Crippen LogP contribution is 2.27. The molecule has 0 radical (unpaired) electrons. The van der Waals surface area contributed by atoms with Gasteiger partial charge in [0, 0.05) is 38.0 Å². The number of ether oxygens (including phenoxy) is 2. The molecule has 30 heavy (non-hydrogen) atoms. The molecule has 0 saturated carbocycles. The zero-order valence-electron chi connectivity index (χ0n) is 18.1. The van der Waals surface area contributed by atoms with Crippen molar-refractivity contribution < 1.29 is 14.3 Å². The van der Waals surface area contributed by atoms with E-state index in [1.165, 1.54) is 11.3 Å². The van der Waals surface area contributed by atoms with Crippen molar-refractivity contribution in [1.29, 1.82) is 0 Å². The van der Waals surface area contributed by atoms with E-state index < -0.39 is 0 Å². The van der Waals surface area contributed by atoms with E-state index in [0.29, 0.717) is 30.1 Å². The molecule has 7 heteroatoms. The maximum atomic E-state index is 12.9. The largest absolute Gasteiger partial charge is 0.492 e. The average Bonchev–Trinajstić information content (AvgIpc) is 3.11. The molecule has 160 valence electrons. The van der Waals surface area contributed by atoms with Crippen molar-refractivity contribution in [3.63, 3.8) is 0 Å². The molecule has 1 aromatic heterocycles. The van der Waals surface area contributed by atoms with Crippen LogP contribution in [0.3, 0.4) is 0 Å². The Morgan fingerprint density at radius 3 is 2.47 bits per heavy atom. The average molecular weight is 428 g/mol. The lowest BCUT2D eigenvalue weighted by Crippen LogP contribution is -2.21. The van der Waals surface area contributed by atoms with Crippen LogP contribution in [0.4, 0.5) is 5.69 Å². The summed E-state index contributed by atoms with van der Waals surface area (Å²) in [6.07, 6.45) is 0. The van der Waals surface area contributed by atoms with Gasteiger partial charge in [-0.25, -0.2) is 0 Å². The second-order valence-corrected chi connectivity index (χ2v) is 7.71. The molecular weight excluding hydrogens is 398 g/mol. The minimum Gasteiger partial charge on any atom is -0.492 e. The van der Waals surface area contributed by atoms with E-state index in [4.69, 9.17) is 9.47 Å². The lowest BCUT2D eigenvalue weighted by Gasteiger charge is -2.20. The molecule has 6 nitrogen and oxygen atoms in total. The highest BCUT2D eigenvalue weighted by molar-refractivity contribution is 7.16. The topological polar surface area (TPSA) is 56.1 Å². The van der Waals surface area contributed by atoms with Gasteiger partial charge in [0.25, 0.3) is 5.91 Å². The molecule has 0 saturated heterocycles. The van der Waals surface area contributed by atoms with Crippen molar-refractivity contribution in [1.82, 2.24) is 4.57 Å². The first-order valence-corrected chi connectivity index (χ1v) is 11.1. The van der Waals surface area contributed by atoms with Crippen LogP contribution >= 0.6 is 11.3 Å². The van der Waals surface area contributed by atoms with E-state index in [1.54, 1.807) is 7.11 Å². The number of thiazole rings is 1. The smallest absolute Gasteiger partial charge is 0.279 e. The number of fused-ring (bicyclic) bond motifs is 1. The minimum absolute atomic E-state index is 0.253. The Bertz CT molecular complexity index is 1050. The van der Waals surface area contributed by atoms with E-state index in [2.05, 4.69) is 23.7 Å². The predicted octanol–water partition coefficient (Wildman–Crippen LogP) is 4.34. The quantitative estimate of drug-likeness (QED) is 0.510. The summed E-state index contributed by atoms with van der Waals surface area (Å²) in [5.41, 5.74) is 2.63. The molecule has 0 N–H and O–H groups in total. The highest BCUT2D eigenvalue weighted by atomic mass is 32.1. The molecule has 3 rings (SSSR count). The lowest BCUT2D eigenvalue weighted by atomic mass is 10.2. The molecule has 0 atom stereocenters. The number of methoxy groups -OCH3 is 1. The Balaban J connectivity index is 2.02. The Labute approximate surface area is 181 Å². The SMILES string of the molecule is CCOc1cccc2sc(=NC(=O)c3ccc(N(CC)CC)cc3)n(CCOC)c12. The maximum Gasteiger partial charge on any atom is 0.279 e. The van der Waals surface area contributed by atoms with Crippen molar-refractivity contribution in [2.45, 2.75) is 27.3 Å². The van der Waals surface area contributed by atoms with Crippen LogP contribution in [0.25, 0.3) is 10.2 Å². The van der Waals surface area contributed by atoms with Gasteiger partial charge in [0.1, 0.15) is 11.3 Å². The molecular formula is C23H29N3O3S. The van der Waals surface area contributed by atoms with Crippen LogP contribution < -0.4 is 14.4 Å². The first-order chi connectivity index (χ1) is 14.6. The molecule has 3 aromatic rings. The number of carbonyl (C=O) groups excluding carboxylic acids is 1. The molecule has 2 aromatic carbocycles. The van der Waals surface area contributed by atoms with Gasteiger partial charge in [-0.05, 0) is 57.2 Å². The first kappa shape index (κ1) is 22.1. The number of para-hydroxylation sites is 1. The number of carbonyl (C=O) groups is 1. The van der Waals surface area contributed by atoms with Gasteiger partial charge in [0.2, 0.25) is 0 Å². The third kappa shape index (κ3) is 4.74. The summed E-state index contributed by atoms with van der Waals surface area (Å²) in [5, 5.41) is 0. The van der Waals surface area contributed by atoms with Gasteiger partial charge in [-0.15, -0.1) is 0 Å². The molecule has 0 fully saturated rings. The molecule has 0 spiro atoms. The predicted molar refractivity (Wildman–Crippen MR) is 123 cm³/mol. The summed E-state index contributed by atoms with van der Waals surface area (Å²) in [5.74, 6) is 0.539. The third-order valence-electron chi connectivity index (χ3n) is 4.92. The van der Waals surface area contributed by atoms with Gasteiger partial charge >= 0.3 is 0 Å². The first-order valence-electron chi connectivity index (χ1n) is 10.3. The third-order valence-corrected chi connectivity index (χ3v) is 5.97. The maximum absolute atomic E-state index is 12.9. The molecule has 1 amide bonds. The van der Waals surface area contributed by atoms with Crippen LogP contribution in [-0.2, 0) is 11.3 Å². The molecule has 0 aliphatic heterocycles. The van der Waals surface area contributed by atoms with Crippen LogP contribution in [0, 0.1) is 0 Å². The summed E-state index contributed by atoms with van der Waals surface area (Å²) < 4.78 is 14.1. The van der Waals surface area contributed by atoms with E-state index in [1.807, 2.05) is 54.0 Å². The van der Waals surface area contributed by atoms with Gasteiger partial charge in [-0.3, -0.25) is 4.79 Å². The number of anilines is 1. The van der Waals surface area contributed by atoms with Gasteiger partial charge in [-0.1, -0.05) is 17.4 Å². The zero-order valence-corrected chi connectivity index (χ0v) is 18.9. The molecule has 0 aliphatic carbocycles. The minimum atomic E-state index is -0.253. The van der Waals surface area contributed by atoms with Crippen molar-refractivity contribution in [3.8, 4) is 5.75 Å². The van der Waals surface area contributed by atoms with Crippen LogP contribution in [0.2, 0.25) is 0 Å². The van der Waals surface area contributed by atoms with Gasteiger partial charge in [0.15, 0.2) is 4.80 Å². The van der Waals surface area contributed by atoms with Crippen LogP contribution in [0.1, 0.15) is 31.1 Å². The Hall–Kier alpha value is -2.64. The van der Waals surface area contributed by atoms with Crippen molar-refractivity contribution in [3.05, 3.63) is 52.8 Å². The van der Waals surface area contributed by atoms with Crippen molar-refractivity contribution >= 4 is 33.1 Å². The number of aromatic nitrogens is 1. The number of benzene rings is 2. The van der Waals surface area contributed by atoms with Crippen LogP contribution in [0.5, 0.6) is 5.75 Å². The number of hydrogen-bond acceptors (Lipinski definition) is 5. The highest BCUT2D eigenvalue weighted by Gasteiger charge is 2.13.